The van der Waals surface area contributed by atoms with E-state index in [0.29, 0.717) is 25.9 Å². The summed E-state index contributed by atoms with van der Waals surface area (Å²) in [5, 5.41) is 5.66. The Labute approximate surface area is 392 Å². The number of esters is 5. The highest BCUT2D eigenvalue weighted by atomic mass is 16.7. The van der Waals surface area contributed by atoms with E-state index in [1.165, 1.54) is 27.7 Å². The minimum absolute atomic E-state index is 0.142. The highest BCUT2D eigenvalue weighted by molar-refractivity contribution is 5.79. The van der Waals surface area contributed by atoms with Gasteiger partial charge in [-0.15, -0.1) is 0 Å². The Morgan fingerprint density at radius 1 is 0.500 bits per heavy atom. The van der Waals surface area contributed by atoms with E-state index in [0.717, 1.165) is 124 Å². The standard InChI is InChI=1S/C48H82N2O16/c1-32(49-34(3)51)42(61-37(6)54)27-23-20-16-17-21-25-29-59-30-41(58)26-22-18-14-12-10-11-13-15-19-24-28-43(33(2)50-35(4)52)65-48-47(64-40(9)57)46(63-39(8)56)45(62-38(7)55)44(66-48)31-60-36(5)53/h32-33,42-48H,10-31H2,1-9H3,(H,49,51)(H,50,52)/t32-,33-,42-,43-,44-,45+,46+,47-,48-/m1/s1. The largest absolute Gasteiger partial charge is 0.463 e. The molecule has 66 heavy (non-hydrogen) atoms. The maximum atomic E-state index is 12.3. The number of ketones is 1. The third-order valence-electron chi connectivity index (χ3n) is 11.0. The number of amides is 2. The van der Waals surface area contributed by atoms with Gasteiger partial charge in [0.05, 0.1) is 18.2 Å². The smallest absolute Gasteiger partial charge is 0.303 e. The van der Waals surface area contributed by atoms with Crippen molar-refractivity contribution in [1.29, 1.82) is 0 Å². The Morgan fingerprint density at radius 2 is 0.939 bits per heavy atom. The number of hydrogen-bond donors (Lipinski definition) is 2. The molecule has 9 atom stereocenters. The Morgan fingerprint density at radius 3 is 1.42 bits per heavy atom. The fraction of sp³-hybridized carbons (Fsp3) is 0.833. The summed E-state index contributed by atoms with van der Waals surface area (Å²) in [4.78, 5) is 95.5. The van der Waals surface area contributed by atoms with Gasteiger partial charge in [-0.05, 0) is 46.0 Å². The highest BCUT2D eigenvalue weighted by Gasteiger charge is 2.53. The molecule has 0 aromatic carbocycles. The maximum Gasteiger partial charge on any atom is 0.303 e. The van der Waals surface area contributed by atoms with Crippen LogP contribution in [0.1, 0.15) is 184 Å². The average Bonchev–Trinajstić information content (AvgIpc) is 3.21. The average molecular weight is 943 g/mol. The second-order valence-corrected chi connectivity index (χ2v) is 17.4. The van der Waals surface area contributed by atoms with Crippen LogP contribution >= 0.6 is 0 Å². The van der Waals surface area contributed by atoms with Gasteiger partial charge < -0.3 is 48.5 Å². The number of Topliss-reactive ketones (excluding diaryl/α,β-unsaturated/α-hetero) is 1. The molecule has 1 aliphatic rings. The van der Waals surface area contributed by atoms with Crippen molar-refractivity contribution in [2.45, 2.75) is 239 Å². The summed E-state index contributed by atoms with van der Waals surface area (Å²) < 4.78 is 45.3. The van der Waals surface area contributed by atoms with Crippen LogP contribution in [-0.2, 0) is 76.3 Å². The number of rotatable bonds is 36. The molecule has 18 heteroatoms. The molecule has 0 radical (unpaired) electrons. The van der Waals surface area contributed by atoms with Gasteiger partial charge in [0.25, 0.3) is 0 Å². The number of ether oxygens (including phenoxy) is 8. The first-order valence-corrected chi connectivity index (χ1v) is 24.1. The van der Waals surface area contributed by atoms with Gasteiger partial charge in [-0.1, -0.05) is 83.5 Å². The predicted octanol–water partition coefficient (Wildman–Crippen LogP) is 6.43. The van der Waals surface area contributed by atoms with Crippen molar-refractivity contribution in [1.82, 2.24) is 10.6 Å². The number of carbonyl (C=O) groups is 8. The van der Waals surface area contributed by atoms with E-state index in [9.17, 15) is 38.4 Å². The van der Waals surface area contributed by atoms with Crippen LogP contribution in [0.5, 0.6) is 0 Å². The van der Waals surface area contributed by atoms with Crippen molar-refractivity contribution in [3.05, 3.63) is 0 Å². The fourth-order valence-electron chi connectivity index (χ4n) is 7.95. The molecule has 0 aliphatic carbocycles. The van der Waals surface area contributed by atoms with Crippen molar-refractivity contribution >= 4 is 47.4 Å². The van der Waals surface area contributed by atoms with Crippen LogP contribution in [0.4, 0.5) is 0 Å². The van der Waals surface area contributed by atoms with Gasteiger partial charge >= 0.3 is 29.8 Å². The van der Waals surface area contributed by atoms with Crippen LogP contribution in [0.2, 0.25) is 0 Å². The molecule has 380 valence electrons. The minimum atomic E-state index is -1.36. The van der Waals surface area contributed by atoms with E-state index in [4.69, 9.17) is 37.9 Å². The molecule has 2 N–H and O–H groups in total. The first kappa shape index (κ1) is 59.9. The van der Waals surface area contributed by atoms with Gasteiger partial charge in [0.2, 0.25) is 11.8 Å². The first-order chi connectivity index (χ1) is 31.3. The molecule has 0 spiro atoms. The molecule has 1 rings (SSSR count). The molecule has 0 unspecified atom stereocenters. The van der Waals surface area contributed by atoms with Gasteiger partial charge in [0.15, 0.2) is 30.4 Å². The van der Waals surface area contributed by atoms with Crippen molar-refractivity contribution < 1.29 is 76.3 Å². The fourth-order valence-corrected chi connectivity index (χ4v) is 7.95. The zero-order valence-corrected chi connectivity index (χ0v) is 41.3. The zero-order valence-electron chi connectivity index (χ0n) is 41.3. The highest BCUT2D eigenvalue weighted by Crippen LogP contribution is 2.32. The number of carbonyl (C=O) groups excluding carboxylic acids is 8. The molecule has 0 aromatic heterocycles. The number of nitrogens with one attached hydrogen (secondary N) is 2. The monoisotopic (exact) mass is 943 g/mol. The van der Waals surface area contributed by atoms with E-state index < -0.39 is 66.7 Å². The van der Waals surface area contributed by atoms with Crippen LogP contribution in [0.15, 0.2) is 0 Å². The van der Waals surface area contributed by atoms with Crippen molar-refractivity contribution in [3.63, 3.8) is 0 Å². The topological polar surface area (TPSA) is 234 Å². The minimum Gasteiger partial charge on any atom is -0.463 e. The molecular weight excluding hydrogens is 861 g/mol. The SMILES string of the molecule is CC(=O)N[C@H](C)[C@@H](CCCCCCCCOCC(=O)CCCCCCCCCCCC[C@@H](O[C@@H]1O[C@H](COC(C)=O)[C@H](OC(C)=O)[C@H](OC(C)=O)[C@H]1OC(C)=O)[C@@H](C)NC(C)=O)OC(C)=O. The summed E-state index contributed by atoms with van der Waals surface area (Å²) in [6.45, 7) is 12.9. The zero-order chi connectivity index (χ0) is 49.4. The predicted molar refractivity (Wildman–Crippen MR) is 242 cm³/mol. The van der Waals surface area contributed by atoms with Gasteiger partial charge in [-0.25, -0.2) is 0 Å². The lowest BCUT2D eigenvalue weighted by Crippen LogP contribution is -2.63. The van der Waals surface area contributed by atoms with Crippen LogP contribution < -0.4 is 10.6 Å². The van der Waals surface area contributed by atoms with Crippen LogP contribution in [0, 0.1) is 0 Å². The van der Waals surface area contributed by atoms with E-state index in [2.05, 4.69) is 10.6 Å². The van der Waals surface area contributed by atoms with Gasteiger partial charge in [-0.2, -0.15) is 0 Å². The summed E-state index contributed by atoms with van der Waals surface area (Å²) >= 11 is 0. The Balaban J connectivity index is 2.40. The maximum absolute atomic E-state index is 12.3. The molecule has 1 heterocycles. The molecule has 1 fully saturated rings. The second kappa shape index (κ2) is 35.0. The van der Waals surface area contributed by atoms with Crippen LogP contribution in [-0.4, -0.2) is 122 Å². The van der Waals surface area contributed by atoms with E-state index in [1.807, 2.05) is 6.92 Å². The van der Waals surface area contributed by atoms with Gasteiger partial charge in [0.1, 0.15) is 25.4 Å². The summed E-state index contributed by atoms with van der Waals surface area (Å²) in [7, 11) is 0. The molecular formula is C48H82N2O16. The van der Waals surface area contributed by atoms with E-state index in [1.54, 1.807) is 6.92 Å². The molecule has 0 saturated carbocycles. The molecule has 2 amide bonds. The normalized spacial score (nSPS) is 19.9. The molecule has 0 aromatic rings. The van der Waals surface area contributed by atoms with Crippen molar-refractivity contribution in [3.8, 4) is 0 Å². The summed E-state index contributed by atoms with van der Waals surface area (Å²) in [6.07, 6.45) is 10.2. The summed E-state index contributed by atoms with van der Waals surface area (Å²) in [6, 6.07) is -0.722. The van der Waals surface area contributed by atoms with Crippen LogP contribution in [0.25, 0.3) is 0 Å². The molecule has 1 aliphatic heterocycles. The summed E-state index contributed by atoms with van der Waals surface area (Å²) in [5.74, 6) is -3.46. The molecule has 0 bridgehead atoms. The third-order valence-corrected chi connectivity index (χ3v) is 11.0. The summed E-state index contributed by atoms with van der Waals surface area (Å²) in [5.41, 5.74) is 0. The van der Waals surface area contributed by atoms with E-state index >= 15 is 0 Å². The quantitative estimate of drug-likeness (QED) is 0.0391. The third kappa shape index (κ3) is 28.8. The van der Waals surface area contributed by atoms with Gasteiger partial charge in [0, 0.05) is 61.5 Å². The Bertz CT molecular complexity index is 1480. The Hall–Kier alpha value is -4.16. The molecule has 1 saturated heterocycles. The first-order valence-electron chi connectivity index (χ1n) is 24.1. The lowest BCUT2D eigenvalue weighted by Gasteiger charge is -2.45. The number of hydrogen-bond acceptors (Lipinski definition) is 16. The van der Waals surface area contributed by atoms with E-state index in [-0.39, 0.29) is 48.9 Å². The second-order valence-electron chi connectivity index (χ2n) is 17.4. The Kier molecular flexibility index (Phi) is 31.8. The van der Waals surface area contributed by atoms with Crippen molar-refractivity contribution in [2.75, 3.05) is 19.8 Å². The van der Waals surface area contributed by atoms with Gasteiger partial charge in [-0.3, -0.25) is 38.4 Å². The molecule has 18 nitrogen and oxygen atoms in total. The van der Waals surface area contributed by atoms with Crippen LogP contribution in [0.3, 0.4) is 0 Å². The van der Waals surface area contributed by atoms with Crippen molar-refractivity contribution in [2.24, 2.45) is 0 Å². The lowest BCUT2D eigenvalue weighted by molar-refractivity contribution is -0.318. The lowest BCUT2D eigenvalue weighted by atomic mass is 9.97. The number of unbranched alkanes of at least 4 members (excludes halogenated alkanes) is 14.